The third-order valence-electron chi connectivity index (χ3n) is 1.74. The molecule has 0 unspecified atom stereocenters. The van der Waals surface area contributed by atoms with Crippen LogP contribution < -0.4 is 17.0 Å². The van der Waals surface area contributed by atoms with Gasteiger partial charge in [0.2, 0.25) is 0 Å². The Balaban J connectivity index is 0. The van der Waals surface area contributed by atoms with Gasteiger partial charge in [-0.2, -0.15) is 0 Å². The van der Waals surface area contributed by atoms with Gasteiger partial charge in [0, 0.05) is 20.1 Å². The predicted octanol–water partition coefficient (Wildman–Crippen LogP) is 0.120. The van der Waals surface area contributed by atoms with Crippen molar-refractivity contribution in [3.63, 3.8) is 0 Å². The number of rotatable bonds is 1. The van der Waals surface area contributed by atoms with Gasteiger partial charge in [0.05, 0.1) is 0 Å². The van der Waals surface area contributed by atoms with Crippen LogP contribution in [0.4, 0.5) is 0 Å². The zero-order valence-electron chi connectivity index (χ0n) is 7.60. The van der Waals surface area contributed by atoms with Crippen LogP contribution in [0.1, 0.15) is 30.9 Å². The monoisotopic (exact) mass is 406 g/mol. The van der Waals surface area contributed by atoms with E-state index in [1.54, 1.807) is 0 Å². The minimum absolute atomic E-state index is 0. The summed E-state index contributed by atoms with van der Waals surface area (Å²) in [6.07, 6.45) is 0. The molecule has 0 aliphatic carbocycles. The number of benzene rings is 1. The molecular formula is C10H14BrIr-. The first-order valence-electron chi connectivity index (χ1n) is 3.76. The first kappa shape index (κ1) is 14.9. The predicted molar refractivity (Wildman–Crippen MR) is 45.3 cm³/mol. The van der Waals surface area contributed by atoms with Gasteiger partial charge >= 0.3 is 0 Å². The zero-order chi connectivity index (χ0) is 7.56. The van der Waals surface area contributed by atoms with Gasteiger partial charge in [0.25, 0.3) is 0 Å². The minimum atomic E-state index is 0. The van der Waals surface area contributed by atoms with E-state index in [0.29, 0.717) is 5.92 Å². The second kappa shape index (κ2) is 6.82. The molecule has 12 heavy (non-hydrogen) atoms. The second-order valence-electron chi connectivity index (χ2n) is 3.07. The molecule has 0 aromatic heterocycles. The molecule has 1 aromatic rings. The largest absolute Gasteiger partial charge is 1.00 e. The van der Waals surface area contributed by atoms with Gasteiger partial charge in [0.15, 0.2) is 0 Å². The summed E-state index contributed by atoms with van der Waals surface area (Å²) in [5.74, 6) is 0.653. The summed E-state index contributed by atoms with van der Waals surface area (Å²) >= 11 is 0. The van der Waals surface area contributed by atoms with E-state index in [1.807, 2.05) is 0 Å². The molecule has 0 N–H and O–H groups in total. The Kier molecular flexibility index (Phi) is 8.44. The van der Waals surface area contributed by atoms with Crippen molar-refractivity contribution < 1.29 is 37.1 Å². The molecule has 71 valence electrons. The summed E-state index contributed by atoms with van der Waals surface area (Å²) in [5.41, 5.74) is 2.76. The maximum atomic E-state index is 2.21. The fourth-order valence-electron chi connectivity index (χ4n) is 0.951. The third-order valence-corrected chi connectivity index (χ3v) is 1.74. The van der Waals surface area contributed by atoms with Crippen LogP contribution >= 0.6 is 0 Å². The summed E-state index contributed by atoms with van der Waals surface area (Å²) in [6, 6.07) is 8.71. The van der Waals surface area contributed by atoms with Crippen LogP contribution in [0.5, 0.6) is 0 Å². The first-order valence-corrected chi connectivity index (χ1v) is 3.76. The molecule has 0 bridgehead atoms. The molecule has 0 fully saturated rings. The summed E-state index contributed by atoms with van der Waals surface area (Å²) in [6.45, 7) is 6.54. The van der Waals surface area contributed by atoms with Crippen LogP contribution in [-0.2, 0) is 20.1 Å². The quantitative estimate of drug-likeness (QED) is 0.622. The molecule has 0 saturated heterocycles. The Morgan fingerprint density at radius 2 is 1.42 bits per heavy atom. The molecule has 0 heterocycles. The third kappa shape index (κ3) is 4.39. The normalized spacial score (nSPS) is 8.67. The molecule has 1 radical (unpaired) electrons. The van der Waals surface area contributed by atoms with E-state index >= 15 is 0 Å². The van der Waals surface area contributed by atoms with E-state index in [2.05, 4.69) is 45.0 Å². The smallest absolute Gasteiger partial charge is 0 e. The van der Waals surface area contributed by atoms with Gasteiger partial charge in [0.1, 0.15) is 0 Å². The Morgan fingerprint density at radius 1 is 1.00 bits per heavy atom. The van der Waals surface area contributed by atoms with Gasteiger partial charge < -0.3 is 17.0 Å². The van der Waals surface area contributed by atoms with Gasteiger partial charge in [-0.25, -0.2) is 0 Å². The molecule has 1 aromatic carbocycles. The molecule has 0 spiro atoms. The molecule has 0 nitrogen and oxygen atoms in total. The van der Waals surface area contributed by atoms with Crippen LogP contribution in [0.15, 0.2) is 24.3 Å². The Morgan fingerprint density at radius 3 is 1.75 bits per heavy atom. The number of hydrogen-bond donors (Lipinski definition) is 0. The van der Waals surface area contributed by atoms with Crippen LogP contribution in [0.2, 0.25) is 0 Å². The molecule has 2 heteroatoms. The Bertz CT molecular complexity index is 204. The van der Waals surface area contributed by atoms with Crippen molar-refractivity contribution in [3.05, 3.63) is 35.4 Å². The molecule has 0 saturated carbocycles. The standard InChI is InChI=1S/C10H14.BrH.Ir/c1-8(2)10-6-4-9(3)5-7-10;;/h4-8H,1-3H3;1H;/p-1. The maximum absolute atomic E-state index is 2.21. The number of halogens is 1. The SMILES string of the molecule is Cc1ccc(C(C)C)cc1.[Br-].[Ir]. The maximum Gasteiger partial charge on any atom is 0 e. The van der Waals surface area contributed by atoms with E-state index in [-0.39, 0.29) is 37.1 Å². The van der Waals surface area contributed by atoms with E-state index in [1.165, 1.54) is 11.1 Å². The molecule has 0 amide bonds. The van der Waals surface area contributed by atoms with E-state index < -0.39 is 0 Å². The number of hydrogen-bond acceptors (Lipinski definition) is 0. The van der Waals surface area contributed by atoms with Gasteiger partial charge in [-0.05, 0) is 18.4 Å². The molecule has 0 aliphatic rings. The van der Waals surface area contributed by atoms with Crippen molar-refractivity contribution in [2.45, 2.75) is 26.7 Å². The van der Waals surface area contributed by atoms with E-state index in [0.717, 1.165) is 0 Å². The second-order valence-corrected chi connectivity index (χ2v) is 3.07. The molecular weight excluding hydrogens is 392 g/mol. The summed E-state index contributed by atoms with van der Waals surface area (Å²) in [4.78, 5) is 0. The Labute approximate surface area is 98.9 Å². The van der Waals surface area contributed by atoms with Crippen LogP contribution in [0, 0.1) is 6.92 Å². The molecule has 1 rings (SSSR count). The van der Waals surface area contributed by atoms with Crippen molar-refractivity contribution >= 4 is 0 Å². The summed E-state index contributed by atoms with van der Waals surface area (Å²) < 4.78 is 0. The molecule has 0 aliphatic heterocycles. The van der Waals surface area contributed by atoms with Crippen molar-refractivity contribution in [2.24, 2.45) is 0 Å². The summed E-state index contributed by atoms with van der Waals surface area (Å²) in [5, 5.41) is 0. The zero-order valence-corrected chi connectivity index (χ0v) is 11.6. The van der Waals surface area contributed by atoms with E-state index in [4.69, 9.17) is 0 Å². The van der Waals surface area contributed by atoms with Gasteiger partial charge in [-0.15, -0.1) is 0 Å². The number of aryl methyl sites for hydroxylation is 1. The van der Waals surface area contributed by atoms with E-state index in [9.17, 15) is 0 Å². The van der Waals surface area contributed by atoms with Gasteiger partial charge in [-0.3, -0.25) is 0 Å². The van der Waals surface area contributed by atoms with Crippen molar-refractivity contribution in [1.29, 1.82) is 0 Å². The minimum Gasteiger partial charge on any atom is -1.00 e. The van der Waals surface area contributed by atoms with Crippen LogP contribution in [0.25, 0.3) is 0 Å². The van der Waals surface area contributed by atoms with Crippen molar-refractivity contribution in [1.82, 2.24) is 0 Å². The van der Waals surface area contributed by atoms with Crippen LogP contribution in [-0.4, -0.2) is 0 Å². The average molecular weight is 406 g/mol. The average Bonchev–Trinajstić information content (AvgIpc) is 1.88. The fourth-order valence-corrected chi connectivity index (χ4v) is 0.951. The first-order chi connectivity index (χ1) is 4.70. The van der Waals surface area contributed by atoms with Crippen LogP contribution in [0.3, 0.4) is 0 Å². The van der Waals surface area contributed by atoms with Crippen molar-refractivity contribution in [3.8, 4) is 0 Å². The van der Waals surface area contributed by atoms with Gasteiger partial charge in [-0.1, -0.05) is 43.7 Å². The molecule has 0 atom stereocenters. The fraction of sp³-hybridized carbons (Fsp3) is 0.400. The Hall–Kier alpha value is 0.349. The van der Waals surface area contributed by atoms with Crippen molar-refractivity contribution in [2.75, 3.05) is 0 Å². The summed E-state index contributed by atoms with van der Waals surface area (Å²) in [7, 11) is 0. The topological polar surface area (TPSA) is 0 Å².